The average Bonchev–Trinajstić information content (AvgIpc) is 2.71. The fourth-order valence-electron chi connectivity index (χ4n) is 3.51. The Morgan fingerprint density at radius 2 is 2.00 bits per heavy atom. The van der Waals surface area contributed by atoms with Crippen LogP contribution in [0.5, 0.6) is 0 Å². The van der Waals surface area contributed by atoms with Gasteiger partial charge in [0, 0.05) is 38.9 Å². The maximum absolute atomic E-state index is 13.2. The number of likely N-dealkylation sites (tertiary alicyclic amines) is 1. The number of nitrogens with one attached hydrogen (secondary N) is 2. The van der Waals surface area contributed by atoms with Crippen LogP contribution in [0.3, 0.4) is 0 Å². The minimum absolute atomic E-state index is 0.143. The fraction of sp³-hybridized carbons (Fsp3) is 0.524. The quantitative estimate of drug-likeness (QED) is 0.411. The summed E-state index contributed by atoms with van der Waals surface area (Å²) in [6.07, 6.45) is 1.68. The molecule has 0 aromatic heterocycles. The molecule has 0 bridgehead atoms. The molecule has 0 aliphatic carbocycles. The predicted octanol–water partition coefficient (Wildman–Crippen LogP) is 1.70. The summed E-state index contributed by atoms with van der Waals surface area (Å²) in [5.41, 5.74) is -0.185. The summed E-state index contributed by atoms with van der Waals surface area (Å²) in [6.45, 7) is 12.7. The van der Waals surface area contributed by atoms with Crippen LogP contribution in [0, 0.1) is 0 Å². The standard InChI is InChI=1S/C21H34N6O3S/c1-16(22-4)24-20(23-5)25-17-9-11-19(12-10-17)31(29,30)26(6)18-8-7-13-27(14-18)15-21(2,3)28/h9-12,18,22,28H,1,5,7-8,13-15H2,2-4,6H3,(H,24,25). The Balaban J connectivity index is 2.11. The summed E-state index contributed by atoms with van der Waals surface area (Å²) in [6, 6.07) is 6.28. The third-order valence-corrected chi connectivity index (χ3v) is 7.00. The largest absolute Gasteiger partial charge is 0.389 e. The Morgan fingerprint density at radius 3 is 2.55 bits per heavy atom. The number of nitrogens with zero attached hydrogens (tertiary/aromatic N) is 4. The van der Waals surface area contributed by atoms with Crippen molar-refractivity contribution in [1.82, 2.24) is 14.5 Å². The zero-order chi connectivity index (χ0) is 23.2. The summed E-state index contributed by atoms with van der Waals surface area (Å²) in [7, 11) is -0.339. The van der Waals surface area contributed by atoms with Crippen molar-refractivity contribution in [2.45, 2.75) is 43.2 Å². The van der Waals surface area contributed by atoms with E-state index < -0.39 is 15.6 Å². The number of guanidine groups is 1. The first kappa shape index (κ1) is 25.0. The van der Waals surface area contributed by atoms with Crippen molar-refractivity contribution in [2.24, 2.45) is 9.98 Å². The van der Waals surface area contributed by atoms with Gasteiger partial charge in [0.05, 0.1) is 10.5 Å². The molecule has 31 heavy (non-hydrogen) atoms. The second kappa shape index (κ2) is 10.4. The molecule has 1 fully saturated rings. The maximum atomic E-state index is 13.2. The topological polar surface area (TPSA) is 110 Å². The number of β-amino-alcohol motifs (C(OH)–C–C–N with tert-alkyl or cyclic N) is 1. The number of hydrogen-bond acceptors (Lipinski definition) is 6. The van der Waals surface area contributed by atoms with E-state index in [1.807, 2.05) is 0 Å². The Kier molecular flexibility index (Phi) is 8.35. The molecule has 0 spiro atoms. The zero-order valence-electron chi connectivity index (χ0n) is 18.8. The van der Waals surface area contributed by atoms with E-state index in [-0.39, 0.29) is 16.9 Å². The number of likely N-dealkylation sites (N-methyl/N-ethyl adjacent to an activating group) is 1. The molecule has 0 amide bonds. The van der Waals surface area contributed by atoms with E-state index in [0.29, 0.717) is 24.6 Å². The molecule has 0 radical (unpaired) electrons. The molecular weight excluding hydrogens is 416 g/mol. The molecule has 1 aromatic carbocycles. The molecule has 2 rings (SSSR count). The lowest BCUT2D eigenvalue weighted by Gasteiger charge is -2.39. The van der Waals surface area contributed by atoms with E-state index in [1.54, 1.807) is 52.2 Å². The second-order valence-corrected chi connectivity index (χ2v) is 10.3. The van der Waals surface area contributed by atoms with Gasteiger partial charge in [-0.3, -0.25) is 4.90 Å². The molecule has 1 aliphatic heterocycles. The van der Waals surface area contributed by atoms with Crippen molar-refractivity contribution in [3.05, 3.63) is 36.7 Å². The van der Waals surface area contributed by atoms with Crippen molar-refractivity contribution >= 4 is 28.4 Å². The van der Waals surface area contributed by atoms with Crippen LogP contribution in [0.15, 0.2) is 51.5 Å². The van der Waals surface area contributed by atoms with Crippen molar-refractivity contribution in [3.63, 3.8) is 0 Å². The van der Waals surface area contributed by atoms with E-state index in [1.165, 1.54) is 4.31 Å². The number of hydrogen-bond donors (Lipinski definition) is 3. The van der Waals surface area contributed by atoms with Gasteiger partial charge in [0.1, 0.15) is 5.82 Å². The van der Waals surface area contributed by atoms with Gasteiger partial charge >= 0.3 is 0 Å². The van der Waals surface area contributed by atoms with Crippen LogP contribution in [0.1, 0.15) is 26.7 Å². The van der Waals surface area contributed by atoms with Crippen LogP contribution >= 0.6 is 0 Å². The highest BCUT2D eigenvalue weighted by Gasteiger charge is 2.32. The van der Waals surface area contributed by atoms with Gasteiger partial charge in [0.2, 0.25) is 16.0 Å². The number of aliphatic imine (C=N–C) groups is 2. The molecule has 1 atom stereocenters. The van der Waals surface area contributed by atoms with Crippen molar-refractivity contribution in [1.29, 1.82) is 0 Å². The Labute approximate surface area is 185 Å². The number of rotatable bonds is 8. The number of piperidine rings is 1. The fourth-order valence-corrected chi connectivity index (χ4v) is 4.88. The van der Waals surface area contributed by atoms with E-state index in [2.05, 4.69) is 38.8 Å². The summed E-state index contributed by atoms with van der Waals surface area (Å²) in [5, 5.41) is 15.9. The molecule has 10 heteroatoms. The maximum Gasteiger partial charge on any atom is 0.243 e. The number of benzene rings is 1. The number of anilines is 1. The van der Waals surface area contributed by atoms with Gasteiger partial charge in [-0.2, -0.15) is 9.30 Å². The van der Waals surface area contributed by atoms with Gasteiger partial charge in [-0.25, -0.2) is 13.4 Å². The zero-order valence-corrected chi connectivity index (χ0v) is 19.6. The molecule has 1 saturated heterocycles. The van der Waals surface area contributed by atoms with Crippen LogP contribution in [0.4, 0.5) is 5.69 Å². The highest BCUT2D eigenvalue weighted by Crippen LogP contribution is 2.24. The Bertz CT molecular complexity index is 906. The third-order valence-electron chi connectivity index (χ3n) is 5.07. The minimum atomic E-state index is -3.65. The minimum Gasteiger partial charge on any atom is -0.389 e. The van der Waals surface area contributed by atoms with Gasteiger partial charge in [0.15, 0.2) is 0 Å². The molecule has 1 aromatic rings. The first-order valence-electron chi connectivity index (χ1n) is 10.2. The monoisotopic (exact) mass is 450 g/mol. The Hall–Kier alpha value is -2.27. The third kappa shape index (κ3) is 7.13. The first-order chi connectivity index (χ1) is 14.5. The van der Waals surface area contributed by atoms with E-state index in [9.17, 15) is 13.5 Å². The van der Waals surface area contributed by atoms with Gasteiger partial charge < -0.3 is 15.7 Å². The lowest BCUT2D eigenvalue weighted by molar-refractivity contribution is 0.0212. The SMILES string of the molecule is C=NC(=NC(=C)NC)Nc1ccc(S(=O)(=O)N(C)C2CCCN(CC(C)(C)O)C2)cc1. The lowest BCUT2D eigenvalue weighted by Crippen LogP contribution is -2.51. The van der Waals surface area contributed by atoms with Gasteiger partial charge in [0.25, 0.3) is 0 Å². The molecule has 3 N–H and O–H groups in total. The average molecular weight is 451 g/mol. The van der Waals surface area contributed by atoms with Crippen molar-refractivity contribution in [2.75, 3.05) is 39.0 Å². The molecule has 172 valence electrons. The Morgan fingerprint density at radius 1 is 1.35 bits per heavy atom. The predicted molar refractivity (Wildman–Crippen MR) is 126 cm³/mol. The van der Waals surface area contributed by atoms with Crippen molar-refractivity contribution in [3.8, 4) is 0 Å². The smallest absolute Gasteiger partial charge is 0.243 e. The van der Waals surface area contributed by atoms with Crippen LogP contribution in [-0.4, -0.2) is 80.8 Å². The molecular formula is C21H34N6O3S. The van der Waals surface area contributed by atoms with Gasteiger partial charge in [-0.15, -0.1) is 0 Å². The normalized spacial score (nSPS) is 18.6. The molecule has 9 nitrogen and oxygen atoms in total. The summed E-state index contributed by atoms with van der Waals surface area (Å²) < 4.78 is 27.8. The lowest BCUT2D eigenvalue weighted by atomic mass is 10.0. The summed E-state index contributed by atoms with van der Waals surface area (Å²) in [4.78, 5) is 10.3. The van der Waals surface area contributed by atoms with Gasteiger partial charge in [-0.1, -0.05) is 6.58 Å². The second-order valence-electron chi connectivity index (χ2n) is 8.30. The van der Waals surface area contributed by atoms with Crippen LogP contribution in [-0.2, 0) is 10.0 Å². The molecule has 1 unspecified atom stereocenters. The molecule has 1 aliphatic rings. The molecule has 0 saturated carbocycles. The summed E-state index contributed by atoms with van der Waals surface area (Å²) >= 11 is 0. The highest BCUT2D eigenvalue weighted by atomic mass is 32.2. The van der Waals surface area contributed by atoms with E-state index >= 15 is 0 Å². The van der Waals surface area contributed by atoms with E-state index in [4.69, 9.17) is 0 Å². The van der Waals surface area contributed by atoms with E-state index in [0.717, 1.165) is 19.4 Å². The van der Waals surface area contributed by atoms with Crippen LogP contribution < -0.4 is 10.6 Å². The number of aliphatic hydroxyl groups is 1. The highest BCUT2D eigenvalue weighted by molar-refractivity contribution is 7.89. The number of sulfonamides is 1. The van der Waals surface area contributed by atoms with Crippen molar-refractivity contribution < 1.29 is 13.5 Å². The van der Waals surface area contributed by atoms with Gasteiger partial charge in [-0.05, 0) is 64.2 Å². The van der Waals surface area contributed by atoms with Crippen LogP contribution in [0.2, 0.25) is 0 Å². The molecule has 1 heterocycles. The first-order valence-corrected chi connectivity index (χ1v) is 11.6. The van der Waals surface area contributed by atoms with Crippen LogP contribution in [0.25, 0.3) is 0 Å². The summed E-state index contributed by atoms with van der Waals surface area (Å²) in [5.74, 6) is 0.669.